The van der Waals surface area contributed by atoms with Crippen LogP contribution in [0.4, 0.5) is 0 Å². The second-order valence-electron chi connectivity index (χ2n) is 8.38. The molecule has 1 aliphatic rings. The molecule has 29 heavy (non-hydrogen) atoms. The van der Waals surface area contributed by atoms with Gasteiger partial charge >= 0.3 is 0 Å². The normalized spacial score (nSPS) is 24.7. The van der Waals surface area contributed by atoms with Crippen LogP contribution in [-0.4, -0.2) is 46.1 Å². The summed E-state index contributed by atoms with van der Waals surface area (Å²) in [6.45, 7) is 9.75. The Hall–Kier alpha value is -1.99. The molecule has 2 heterocycles. The Kier molecular flexibility index (Phi) is 7.24. The second kappa shape index (κ2) is 9.67. The van der Waals surface area contributed by atoms with Crippen LogP contribution in [0.2, 0.25) is 0 Å². The lowest BCUT2D eigenvalue weighted by Gasteiger charge is -2.39. The number of nitrogens with one attached hydrogen (secondary N) is 1. The highest BCUT2D eigenvalue weighted by Gasteiger charge is 2.35. The monoisotopic (exact) mass is 402 g/mol. The van der Waals surface area contributed by atoms with Crippen LogP contribution in [0, 0.1) is 18.8 Å². The molecule has 4 atom stereocenters. The summed E-state index contributed by atoms with van der Waals surface area (Å²) in [6.07, 6.45) is 6.13. The number of hydrogen-bond donors (Lipinski definition) is 1. The number of carbonyl (C=O) groups is 1. The van der Waals surface area contributed by atoms with Crippen LogP contribution in [-0.2, 0) is 16.1 Å². The fraction of sp³-hybridized carbons (Fsp3) is 0.682. The van der Waals surface area contributed by atoms with Crippen molar-refractivity contribution in [2.45, 2.75) is 72.1 Å². The number of imidazole rings is 1. The number of carbonyl (C=O) groups excluding carboxylic acids is 1. The van der Waals surface area contributed by atoms with Crippen LogP contribution in [0.25, 0.3) is 5.65 Å². The minimum atomic E-state index is -0.164. The van der Waals surface area contributed by atoms with E-state index < -0.39 is 0 Å². The summed E-state index contributed by atoms with van der Waals surface area (Å²) in [5.74, 6) is 0.534. The molecule has 1 aliphatic carbocycles. The van der Waals surface area contributed by atoms with Crippen LogP contribution in [0.15, 0.2) is 12.4 Å². The van der Waals surface area contributed by atoms with E-state index in [1.807, 2.05) is 17.4 Å². The first-order valence-corrected chi connectivity index (χ1v) is 10.7. The average Bonchev–Trinajstić information content (AvgIpc) is 3.09. The van der Waals surface area contributed by atoms with Gasteiger partial charge in [0.1, 0.15) is 6.33 Å². The Morgan fingerprint density at radius 3 is 2.69 bits per heavy atom. The molecule has 1 N–H and O–H groups in total. The molecule has 0 unspecified atom stereocenters. The van der Waals surface area contributed by atoms with Gasteiger partial charge in [-0.1, -0.05) is 27.2 Å². The predicted octanol–water partition coefficient (Wildman–Crippen LogP) is 3.53. The van der Waals surface area contributed by atoms with Crippen LogP contribution < -0.4 is 5.32 Å². The number of aryl methyl sites for hydroxylation is 1. The van der Waals surface area contributed by atoms with Crippen LogP contribution >= 0.6 is 0 Å². The lowest BCUT2D eigenvalue weighted by Crippen LogP contribution is -2.49. The fourth-order valence-corrected chi connectivity index (χ4v) is 4.40. The van der Waals surface area contributed by atoms with E-state index in [1.54, 1.807) is 13.4 Å². The summed E-state index contributed by atoms with van der Waals surface area (Å²) in [4.78, 5) is 22.0. The zero-order chi connectivity index (χ0) is 21.0. The number of hydrogen-bond acceptors (Lipinski definition) is 5. The molecule has 0 bridgehead atoms. The molecule has 7 heteroatoms. The number of fused-ring (bicyclic) bond motifs is 1. The minimum Gasteiger partial charge on any atom is -0.378 e. The summed E-state index contributed by atoms with van der Waals surface area (Å²) in [7, 11) is 1.65. The van der Waals surface area contributed by atoms with Gasteiger partial charge in [-0.15, -0.1) is 0 Å². The highest BCUT2D eigenvalue weighted by atomic mass is 16.5. The molecule has 0 saturated heterocycles. The maximum absolute atomic E-state index is 13.1. The highest BCUT2D eigenvalue weighted by Crippen LogP contribution is 2.31. The molecule has 1 fully saturated rings. The number of ether oxygens (including phenoxy) is 2. The zero-order valence-electron chi connectivity index (χ0n) is 18.3. The zero-order valence-corrected chi connectivity index (χ0v) is 18.3. The van der Waals surface area contributed by atoms with E-state index in [-0.39, 0.29) is 18.1 Å². The smallest absolute Gasteiger partial charge is 0.274 e. The van der Waals surface area contributed by atoms with Crippen LogP contribution in [0.5, 0.6) is 0 Å². The summed E-state index contributed by atoms with van der Waals surface area (Å²) in [5, 5.41) is 3.23. The van der Waals surface area contributed by atoms with Crippen molar-refractivity contribution in [3.63, 3.8) is 0 Å². The van der Waals surface area contributed by atoms with E-state index in [0.29, 0.717) is 29.8 Å². The number of methoxy groups -OCH3 is 1. The Bertz CT molecular complexity index is 823. The van der Waals surface area contributed by atoms with Gasteiger partial charge < -0.3 is 14.8 Å². The third-order valence-electron chi connectivity index (χ3n) is 5.86. The SMILES string of the molecule is CCCCO[C@H]1C[C@@H](C)[C@@H](NC(=O)c2ncn3c(COC)cc(C)nc23)[C@@H](C)C1. The van der Waals surface area contributed by atoms with Gasteiger partial charge in [-0.3, -0.25) is 9.20 Å². The van der Waals surface area contributed by atoms with Crippen molar-refractivity contribution in [2.75, 3.05) is 13.7 Å². The molecule has 1 amide bonds. The third kappa shape index (κ3) is 4.95. The first-order valence-electron chi connectivity index (χ1n) is 10.7. The van der Waals surface area contributed by atoms with Crippen LogP contribution in [0.1, 0.15) is 68.3 Å². The maximum atomic E-state index is 13.1. The van der Waals surface area contributed by atoms with Gasteiger partial charge in [-0.05, 0) is 44.1 Å². The molecule has 0 aliphatic heterocycles. The fourth-order valence-electron chi connectivity index (χ4n) is 4.40. The van der Waals surface area contributed by atoms with Crippen molar-refractivity contribution in [3.8, 4) is 0 Å². The summed E-state index contributed by atoms with van der Waals surface area (Å²) < 4.78 is 13.1. The quantitative estimate of drug-likeness (QED) is 0.684. The molecule has 3 rings (SSSR count). The van der Waals surface area contributed by atoms with Crippen molar-refractivity contribution in [1.29, 1.82) is 0 Å². The van der Waals surface area contributed by atoms with E-state index in [4.69, 9.17) is 9.47 Å². The molecule has 7 nitrogen and oxygen atoms in total. The van der Waals surface area contributed by atoms with Crippen molar-refractivity contribution in [3.05, 3.63) is 29.5 Å². The lowest BCUT2D eigenvalue weighted by atomic mass is 9.77. The largest absolute Gasteiger partial charge is 0.378 e. The van der Waals surface area contributed by atoms with Crippen LogP contribution in [0.3, 0.4) is 0 Å². The first kappa shape index (κ1) is 21.7. The summed E-state index contributed by atoms with van der Waals surface area (Å²) in [6, 6.07) is 2.05. The topological polar surface area (TPSA) is 77.8 Å². The Labute approximate surface area is 173 Å². The number of rotatable bonds is 8. The molecule has 0 aromatic carbocycles. The lowest BCUT2D eigenvalue weighted by molar-refractivity contribution is -0.0116. The van der Waals surface area contributed by atoms with Crippen molar-refractivity contribution in [2.24, 2.45) is 11.8 Å². The second-order valence-corrected chi connectivity index (χ2v) is 8.38. The van der Waals surface area contributed by atoms with Crippen molar-refractivity contribution >= 4 is 11.6 Å². The Balaban J connectivity index is 1.72. The molecule has 0 spiro atoms. The van der Waals surface area contributed by atoms with Crippen molar-refractivity contribution in [1.82, 2.24) is 19.7 Å². The third-order valence-corrected chi connectivity index (χ3v) is 5.86. The Morgan fingerprint density at radius 1 is 1.31 bits per heavy atom. The summed E-state index contributed by atoms with van der Waals surface area (Å²) >= 11 is 0. The number of aromatic nitrogens is 3. The van der Waals surface area contributed by atoms with Gasteiger partial charge in [0, 0.05) is 25.5 Å². The van der Waals surface area contributed by atoms with Gasteiger partial charge in [0.05, 0.1) is 18.4 Å². The van der Waals surface area contributed by atoms with E-state index in [9.17, 15) is 4.79 Å². The van der Waals surface area contributed by atoms with E-state index >= 15 is 0 Å². The van der Waals surface area contributed by atoms with Gasteiger partial charge in [0.2, 0.25) is 0 Å². The van der Waals surface area contributed by atoms with E-state index in [2.05, 4.69) is 36.1 Å². The molecule has 2 aromatic rings. The van der Waals surface area contributed by atoms with Gasteiger partial charge in [-0.2, -0.15) is 0 Å². The van der Waals surface area contributed by atoms with E-state index in [0.717, 1.165) is 43.7 Å². The highest BCUT2D eigenvalue weighted by molar-refractivity contribution is 5.98. The van der Waals surface area contributed by atoms with Crippen molar-refractivity contribution < 1.29 is 14.3 Å². The molecule has 2 aromatic heterocycles. The minimum absolute atomic E-state index is 0.105. The molecule has 160 valence electrons. The first-order chi connectivity index (χ1) is 13.9. The predicted molar refractivity (Wildman–Crippen MR) is 112 cm³/mol. The number of amides is 1. The standard InChI is InChI=1S/C22H34N4O3/c1-6-7-8-29-18-9-14(2)19(15(3)10-18)25-22(27)20-21-24-16(4)11-17(12-28-5)26(21)13-23-20/h11,13-15,18-19H,6-10,12H2,1-5H3,(H,25,27)/t14-,15+,18+,19-. The number of unbranched alkanes of at least 4 members (excludes halogenated alkanes) is 1. The Morgan fingerprint density at radius 2 is 2.03 bits per heavy atom. The number of nitrogens with zero attached hydrogens (tertiary/aromatic N) is 3. The molecular weight excluding hydrogens is 368 g/mol. The molecule has 1 saturated carbocycles. The maximum Gasteiger partial charge on any atom is 0.274 e. The molecule has 0 radical (unpaired) electrons. The summed E-state index contributed by atoms with van der Waals surface area (Å²) in [5.41, 5.74) is 2.71. The van der Waals surface area contributed by atoms with E-state index in [1.165, 1.54) is 0 Å². The van der Waals surface area contributed by atoms with Gasteiger partial charge in [0.25, 0.3) is 5.91 Å². The van der Waals surface area contributed by atoms with Gasteiger partial charge in [0.15, 0.2) is 11.3 Å². The average molecular weight is 403 g/mol. The van der Waals surface area contributed by atoms with Gasteiger partial charge in [-0.25, -0.2) is 9.97 Å². The molecular formula is C22H34N4O3.